The Hall–Kier alpha value is -2.04. The minimum Gasteiger partial charge on any atom is -0.490 e. The van der Waals surface area contributed by atoms with Gasteiger partial charge in [0.25, 0.3) is 0 Å². The van der Waals surface area contributed by atoms with Crippen LogP contribution in [0.2, 0.25) is 0 Å². The van der Waals surface area contributed by atoms with Crippen molar-refractivity contribution < 1.29 is 9.47 Å². The van der Waals surface area contributed by atoms with Gasteiger partial charge in [0.1, 0.15) is 23.7 Å². The standard InChI is InChI=1S/C24H32N2O2/c1-19-2-6-21(7-3-19)28-24-12-16-26(17-13-24)18-20-4-8-22(9-5-20)27-23-10-14-25-15-11-23/h2-9,23-25H,10-18H2,1H3. The number of aryl methyl sites for hydroxylation is 1. The lowest BCUT2D eigenvalue weighted by Gasteiger charge is -2.32. The van der Waals surface area contributed by atoms with Crippen LogP contribution in [0.5, 0.6) is 11.5 Å². The number of piperidine rings is 2. The third-order valence-corrected chi connectivity index (χ3v) is 5.78. The summed E-state index contributed by atoms with van der Waals surface area (Å²) in [6, 6.07) is 17.1. The van der Waals surface area contributed by atoms with Crippen molar-refractivity contribution in [1.82, 2.24) is 10.2 Å². The highest BCUT2D eigenvalue weighted by molar-refractivity contribution is 5.28. The number of hydrogen-bond donors (Lipinski definition) is 1. The summed E-state index contributed by atoms with van der Waals surface area (Å²) in [4.78, 5) is 2.53. The summed E-state index contributed by atoms with van der Waals surface area (Å²) in [7, 11) is 0. The van der Waals surface area contributed by atoms with E-state index in [1.54, 1.807) is 0 Å². The fraction of sp³-hybridized carbons (Fsp3) is 0.500. The van der Waals surface area contributed by atoms with Crippen LogP contribution in [-0.2, 0) is 6.54 Å². The van der Waals surface area contributed by atoms with Gasteiger partial charge in [-0.25, -0.2) is 0 Å². The zero-order valence-corrected chi connectivity index (χ0v) is 16.9. The van der Waals surface area contributed by atoms with E-state index in [-0.39, 0.29) is 0 Å². The van der Waals surface area contributed by atoms with E-state index in [1.165, 1.54) is 11.1 Å². The largest absolute Gasteiger partial charge is 0.490 e. The first-order chi connectivity index (χ1) is 13.7. The Morgan fingerprint density at radius 3 is 1.93 bits per heavy atom. The molecule has 28 heavy (non-hydrogen) atoms. The molecule has 4 nitrogen and oxygen atoms in total. The molecule has 0 saturated carbocycles. The molecule has 2 fully saturated rings. The van der Waals surface area contributed by atoms with Crippen LogP contribution in [0.15, 0.2) is 48.5 Å². The van der Waals surface area contributed by atoms with Crippen molar-refractivity contribution in [3.8, 4) is 11.5 Å². The summed E-state index contributed by atoms with van der Waals surface area (Å²) >= 11 is 0. The average Bonchev–Trinajstić information content (AvgIpc) is 2.73. The zero-order valence-electron chi connectivity index (χ0n) is 16.9. The molecule has 2 aromatic rings. The molecule has 2 saturated heterocycles. The lowest BCUT2D eigenvalue weighted by Crippen LogP contribution is -2.37. The molecule has 2 aliphatic heterocycles. The van der Waals surface area contributed by atoms with Crippen molar-refractivity contribution in [2.45, 2.75) is 51.4 Å². The highest BCUT2D eigenvalue weighted by atomic mass is 16.5. The highest BCUT2D eigenvalue weighted by Gasteiger charge is 2.21. The molecule has 0 atom stereocenters. The SMILES string of the molecule is Cc1ccc(OC2CCN(Cc3ccc(OC4CCNCC4)cc3)CC2)cc1. The van der Waals surface area contributed by atoms with Crippen LogP contribution < -0.4 is 14.8 Å². The van der Waals surface area contributed by atoms with Gasteiger partial charge in [-0.2, -0.15) is 0 Å². The van der Waals surface area contributed by atoms with Crippen molar-refractivity contribution in [2.24, 2.45) is 0 Å². The van der Waals surface area contributed by atoms with Gasteiger partial charge >= 0.3 is 0 Å². The normalized spacial score (nSPS) is 19.5. The predicted octanol–water partition coefficient (Wildman–Crippen LogP) is 4.17. The van der Waals surface area contributed by atoms with E-state index in [4.69, 9.17) is 9.47 Å². The van der Waals surface area contributed by atoms with E-state index in [2.05, 4.69) is 65.7 Å². The summed E-state index contributed by atoms with van der Waals surface area (Å²) < 4.78 is 12.3. The Morgan fingerprint density at radius 1 is 0.786 bits per heavy atom. The first-order valence-electron chi connectivity index (χ1n) is 10.7. The van der Waals surface area contributed by atoms with E-state index in [0.717, 1.165) is 69.9 Å². The fourth-order valence-corrected chi connectivity index (χ4v) is 4.03. The molecule has 4 heteroatoms. The van der Waals surface area contributed by atoms with Crippen LogP contribution in [0.1, 0.15) is 36.8 Å². The predicted molar refractivity (Wildman–Crippen MR) is 113 cm³/mol. The van der Waals surface area contributed by atoms with E-state index in [9.17, 15) is 0 Å². The van der Waals surface area contributed by atoms with Crippen LogP contribution >= 0.6 is 0 Å². The molecule has 2 heterocycles. The number of likely N-dealkylation sites (tertiary alicyclic amines) is 1. The van der Waals surface area contributed by atoms with Gasteiger partial charge in [0, 0.05) is 19.6 Å². The maximum atomic E-state index is 6.15. The number of nitrogens with zero attached hydrogens (tertiary/aromatic N) is 1. The van der Waals surface area contributed by atoms with Crippen LogP contribution in [0.25, 0.3) is 0 Å². The monoisotopic (exact) mass is 380 g/mol. The smallest absolute Gasteiger partial charge is 0.119 e. The number of benzene rings is 2. The molecule has 0 unspecified atom stereocenters. The molecule has 2 aliphatic rings. The van der Waals surface area contributed by atoms with E-state index in [1.807, 2.05) is 0 Å². The maximum absolute atomic E-state index is 6.15. The third-order valence-electron chi connectivity index (χ3n) is 5.78. The maximum Gasteiger partial charge on any atom is 0.119 e. The number of rotatable bonds is 6. The fourth-order valence-electron chi connectivity index (χ4n) is 4.03. The van der Waals surface area contributed by atoms with Crippen LogP contribution in [-0.4, -0.2) is 43.3 Å². The van der Waals surface area contributed by atoms with Crippen molar-refractivity contribution >= 4 is 0 Å². The minimum atomic E-state index is 0.333. The lowest BCUT2D eigenvalue weighted by molar-refractivity contribution is 0.0968. The summed E-state index contributed by atoms with van der Waals surface area (Å²) in [6.45, 7) is 7.41. The molecule has 1 N–H and O–H groups in total. The quantitative estimate of drug-likeness (QED) is 0.816. The molecule has 4 rings (SSSR count). The first kappa shape index (κ1) is 19.3. The van der Waals surface area contributed by atoms with Gasteiger partial charge in [0.2, 0.25) is 0 Å². The number of hydrogen-bond acceptors (Lipinski definition) is 4. The van der Waals surface area contributed by atoms with Gasteiger partial charge in [-0.1, -0.05) is 29.8 Å². The second kappa shape index (κ2) is 9.44. The van der Waals surface area contributed by atoms with Gasteiger partial charge in [0.15, 0.2) is 0 Å². The summed E-state index contributed by atoms with van der Waals surface area (Å²) in [5, 5.41) is 3.38. The second-order valence-corrected chi connectivity index (χ2v) is 8.12. The molecule has 0 radical (unpaired) electrons. The van der Waals surface area contributed by atoms with Crippen LogP contribution in [0, 0.1) is 6.92 Å². The van der Waals surface area contributed by atoms with E-state index >= 15 is 0 Å². The highest BCUT2D eigenvalue weighted by Crippen LogP contribution is 2.22. The van der Waals surface area contributed by atoms with Gasteiger partial charge in [0.05, 0.1) is 0 Å². The molecule has 0 bridgehead atoms. The Bertz CT molecular complexity index is 715. The van der Waals surface area contributed by atoms with E-state index in [0.29, 0.717) is 12.2 Å². The Labute approximate surface area is 168 Å². The first-order valence-corrected chi connectivity index (χ1v) is 10.7. The molecule has 0 spiro atoms. The van der Waals surface area contributed by atoms with Crippen molar-refractivity contribution in [3.63, 3.8) is 0 Å². The van der Waals surface area contributed by atoms with Crippen molar-refractivity contribution in [2.75, 3.05) is 26.2 Å². The molecule has 150 valence electrons. The topological polar surface area (TPSA) is 33.7 Å². The Morgan fingerprint density at radius 2 is 1.32 bits per heavy atom. The van der Waals surface area contributed by atoms with Gasteiger partial charge in [-0.05, 0) is 75.5 Å². The van der Waals surface area contributed by atoms with Gasteiger partial charge in [-0.3, -0.25) is 4.90 Å². The molecular weight excluding hydrogens is 348 g/mol. The van der Waals surface area contributed by atoms with E-state index < -0.39 is 0 Å². The lowest BCUT2D eigenvalue weighted by atomic mass is 10.1. The number of ether oxygens (including phenoxy) is 2. The molecule has 0 aliphatic carbocycles. The minimum absolute atomic E-state index is 0.333. The van der Waals surface area contributed by atoms with Crippen LogP contribution in [0.3, 0.4) is 0 Å². The second-order valence-electron chi connectivity index (χ2n) is 8.12. The average molecular weight is 381 g/mol. The van der Waals surface area contributed by atoms with Crippen molar-refractivity contribution in [1.29, 1.82) is 0 Å². The summed E-state index contributed by atoms with van der Waals surface area (Å²) in [6.07, 6.45) is 5.07. The summed E-state index contributed by atoms with van der Waals surface area (Å²) in [5.41, 5.74) is 2.63. The Kier molecular flexibility index (Phi) is 6.50. The van der Waals surface area contributed by atoms with Crippen LogP contribution in [0.4, 0.5) is 0 Å². The molecule has 0 aromatic heterocycles. The van der Waals surface area contributed by atoms with Gasteiger partial charge < -0.3 is 14.8 Å². The third kappa shape index (κ3) is 5.49. The Balaban J connectivity index is 1.21. The molecular formula is C24H32N2O2. The van der Waals surface area contributed by atoms with Gasteiger partial charge in [-0.15, -0.1) is 0 Å². The molecule has 2 aromatic carbocycles. The number of nitrogens with one attached hydrogen (secondary N) is 1. The van der Waals surface area contributed by atoms with Crippen molar-refractivity contribution in [3.05, 3.63) is 59.7 Å². The summed E-state index contributed by atoms with van der Waals surface area (Å²) in [5.74, 6) is 1.99. The zero-order chi connectivity index (χ0) is 19.2. The molecule has 0 amide bonds.